The van der Waals surface area contributed by atoms with Crippen molar-refractivity contribution < 1.29 is 19.0 Å². The van der Waals surface area contributed by atoms with Crippen molar-refractivity contribution in [2.24, 2.45) is 11.8 Å². The number of halogens is 1. The second kappa shape index (κ2) is 9.15. The molecule has 1 saturated heterocycles. The predicted molar refractivity (Wildman–Crippen MR) is 94.8 cm³/mol. The van der Waals surface area contributed by atoms with Crippen LogP contribution in [0.25, 0.3) is 0 Å². The Morgan fingerprint density at radius 2 is 2.12 bits per heavy atom. The first-order chi connectivity index (χ1) is 11.9. The number of benzene rings is 1. The number of nitrogens with zero attached hydrogens (tertiary/aromatic N) is 1. The van der Waals surface area contributed by atoms with Crippen LogP contribution in [0, 0.1) is 17.7 Å². The van der Waals surface area contributed by atoms with Gasteiger partial charge >= 0.3 is 0 Å². The molecule has 1 atom stereocenters. The summed E-state index contributed by atoms with van der Waals surface area (Å²) >= 11 is 0. The van der Waals surface area contributed by atoms with Gasteiger partial charge in [0, 0.05) is 37.3 Å². The van der Waals surface area contributed by atoms with Crippen LogP contribution in [0.3, 0.4) is 0 Å². The normalized spacial score (nSPS) is 16.6. The molecule has 0 aliphatic carbocycles. The maximum atomic E-state index is 14.2. The number of rotatable bonds is 9. The second-order valence-corrected chi connectivity index (χ2v) is 7.27. The fourth-order valence-electron chi connectivity index (χ4n) is 2.67. The number of nitrogens with one attached hydrogen (secondary N) is 1. The van der Waals surface area contributed by atoms with Gasteiger partial charge in [-0.15, -0.1) is 0 Å². The molecule has 0 radical (unpaired) electrons. The molecule has 6 heteroatoms. The molecule has 1 heterocycles. The Bertz CT molecular complexity index is 574. The molecule has 1 aliphatic heterocycles. The standard InChI is InChI=1S/C19H29FN2O3/c1-13(2)6-7-25-17-5-4-15(18(20)8-17)9-22-10-16(11-22)19(24)21-14(3)12-23/h4-5,8,13-14,16,23H,6-7,9-12H2,1-3H3,(H,21,24)/t14-/m1/s1. The molecule has 1 amide bonds. The topological polar surface area (TPSA) is 61.8 Å². The van der Waals surface area contributed by atoms with E-state index in [2.05, 4.69) is 19.2 Å². The van der Waals surface area contributed by atoms with Gasteiger partial charge in [-0.25, -0.2) is 4.39 Å². The third-order valence-electron chi connectivity index (χ3n) is 4.37. The van der Waals surface area contributed by atoms with Crippen molar-refractivity contribution >= 4 is 5.91 Å². The van der Waals surface area contributed by atoms with E-state index in [1.165, 1.54) is 6.07 Å². The van der Waals surface area contributed by atoms with Crippen molar-refractivity contribution in [3.05, 3.63) is 29.6 Å². The number of likely N-dealkylation sites (tertiary alicyclic amines) is 1. The van der Waals surface area contributed by atoms with Crippen LogP contribution in [0.1, 0.15) is 32.8 Å². The van der Waals surface area contributed by atoms with Crippen molar-refractivity contribution in [1.29, 1.82) is 0 Å². The van der Waals surface area contributed by atoms with E-state index in [1.807, 2.05) is 4.90 Å². The van der Waals surface area contributed by atoms with Crippen LogP contribution in [0.2, 0.25) is 0 Å². The smallest absolute Gasteiger partial charge is 0.225 e. The zero-order valence-corrected chi connectivity index (χ0v) is 15.3. The first-order valence-electron chi connectivity index (χ1n) is 8.93. The second-order valence-electron chi connectivity index (χ2n) is 7.27. The maximum Gasteiger partial charge on any atom is 0.225 e. The van der Waals surface area contributed by atoms with Gasteiger partial charge in [-0.05, 0) is 25.3 Å². The molecular weight excluding hydrogens is 323 g/mol. The molecule has 1 aromatic carbocycles. The van der Waals surface area contributed by atoms with E-state index in [9.17, 15) is 9.18 Å². The Morgan fingerprint density at radius 3 is 2.72 bits per heavy atom. The number of hydrogen-bond donors (Lipinski definition) is 2. The third-order valence-corrected chi connectivity index (χ3v) is 4.37. The first-order valence-corrected chi connectivity index (χ1v) is 8.93. The van der Waals surface area contributed by atoms with Crippen molar-refractivity contribution in [2.45, 2.75) is 39.8 Å². The van der Waals surface area contributed by atoms with E-state index in [0.717, 1.165) is 6.42 Å². The fourth-order valence-corrected chi connectivity index (χ4v) is 2.67. The van der Waals surface area contributed by atoms with Gasteiger partial charge < -0.3 is 15.2 Å². The van der Waals surface area contributed by atoms with Crippen LogP contribution < -0.4 is 10.1 Å². The molecule has 0 bridgehead atoms. The Balaban J connectivity index is 1.77. The van der Waals surface area contributed by atoms with Gasteiger partial charge in [-0.1, -0.05) is 19.9 Å². The molecule has 2 rings (SSSR count). The molecular formula is C19H29FN2O3. The average molecular weight is 352 g/mol. The summed E-state index contributed by atoms with van der Waals surface area (Å²) < 4.78 is 19.8. The van der Waals surface area contributed by atoms with E-state index in [4.69, 9.17) is 9.84 Å². The Kier molecular flexibility index (Phi) is 7.20. The van der Waals surface area contributed by atoms with E-state index in [-0.39, 0.29) is 30.3 Å². The van der Waals surface area contributed by atoms with Gasteiger partial charge in [0.15, 0.2) is 0 Å². The zero-order chi connectivity index (χ0) is 18.4. The minimum absolute atomic E-state index is 0.0489. The summed E-state index contributed by atoms with van der Waals surface area (Å²) in [6.07, 6.45) is 0.940. The summed E-state index contributed by atoms with van der Waals surface area (Å²) in [5.41, 5.74) is 0.610. The lowest BCUT2D eigenvalue weighted by Crippen LogP contribution is -2.54. The van der Waals surface area contributed by atoms with Gasteiger partial charge in [0.2, 0.25) is 5.91 Å². The van der Waals surface area contributed by atoms with E-state index < -0.39 is 0 Å². The number of aliphatic hydroxyl groups is 1. The molecule has 0 spiro atoms. The SMILES string of the molecule is CC(C)CCOc1ccc(CN2CC(C(=O)N[C@H](C)CO)C2)c(F)c1. The highest BCUT2D eigenvalue weighted by atomic mass is 19.1. The first kappa shape index (κ1) is 19.7. The van der Waals surface area contributed by atoms with Gasteiger partial charge in [0.1, 0.15) is 11.6 Å². The average Bonchev–Trinajstić information content (AvgIpc) is 2.51. The van der Waals surface area contributed by atoms with E-state index in [1.54, 1.807) is 19.1 Å². The van der Waals surface area contributed by atoms with Crippen LogP contribution in [0.5, 0.6) is 5.75 Å². The van der Waals surface area contributed by atoms with Crippen LogP contribution in [0.4, 0.5) is 4.39 Å². The largest absolute Gasteiger partial charge is 0.493 e. The summed E-state index contributed by atoms with van der Waals surface area (Å²) in [5.74, 6) is 0.702. The maximum absolute atomic E-state index is 14.2. The van der Waals surface area contributed by atoms with Gasteiger partial charge in [0.05, 0.1) is 19.1 Å². The Hall–Kier alpha value is -1.66. The monoisotopic (exact) mass is 352 g/mol. The van der Waals surface area contributed by atoms with Crippen LogP contribution in [0.15, 0.2) is 18.2 Å². The number of hydrogen-bond acceptors (Lipinski definition) is 4. The lowest BCUT2D eigenvalue weighted by molar-refractivity contribution is -0.131. The number of carbonyl (C=O) groups is 1. The summed E-state index contributed by atoms with van der Waals surface area (Å²) in [4.78, 5) is 13.9. The summed E-state index contributed by atoms with van der Waals surface area (Å²) in [6, 6.07) is 4.75. The highest BCUT2D eigenvalue weighted by Gasteiger charge is 2.33. The molecule has 25 heavy (non-hydrogen) atoms. The molecule has 1 aromatic rings. The van der Waals surface area contributed by atoms with Crippen molar-refractivity contribution in [2.75, 3.05) is 26.3 Å². The van der Waals surface area contributed by atoms with Crippen LogP contribution in [-0.2, 0) is 11.3 Å². The van der Waals surface area contributed by atoms with E-state index in [0.29, 0.717) is 43.5 Å². The molecule has 0 saturated carbocycles. The number of ether oxygens (including phenoxy) is 1. The lowest BCUT2D eigenvalue weighted by atomic mass is 9.97. The fraction of sp³-hybridized carbons (Fsp3) is 0.632. The Morgan fingerprint density at radius 1 is 1.40 bits per heavy atom. The van der Waals surface area contributed by atoms with Crippen molar-refractivity contribution in [3.8, 4) is 5.75 Å². The summed E-state index contributed by atoms with van der Waals surface area (Å²) in [5, 5.41) is 11.7. The number of carbonyl (C=O) groups excluding carboxylic acids is 1. The summed E-state index contributed by atoms with van der Waals surface area (Å²) in [7, 11) is 0. The lowest BCUT2D eigenvalue weighted by Gasteiger charge is -2.38. The third kappa shape index (κ3) is 5.97. The Labute approximate surface area is 149 Å². The molecule has 2 N–H and O–H groups in total. The van der Waals surface area contributed by atoms with Gasteiger partial charge in [-0.3, -0.25) is 9.69 Å². The number of aliphatic hydroxyl groups excluding tert-OH is 1. The molecule has 140 valence electrons. The van der Waals surface area contributed by atoms with E-state index >= 15 is 0 Å². The highest BCUT2D eigenvalue weighted by molar-refractivity contribution is 5.80. The zero-order valence-electron chi connectivity index (χ0n) is 15.3. The van der Waals surface area contributed by atoms with Crippen molar-refractivity contribution in [3.63, 3.8) is 0 Å². The molecule has 1 aliphatic rings. The van der Waals surface area contributed by atoms with Crippen LogP contribution in [-0.4, -0.2) is 48.3 Å². The molecule has 0 aromatic heterocycles. The molecule has 1 fully saturated rings. The molecule has 5 nitrogen and oxygen atoms in total. The van der Waals surface area contributed by atoms with Crippen LogP contribution >= 0.6 is 0 Å². The summed E-state index contributed by atoms with van der Waals surface area (Å²) in [6.45, 7) is 8.22. The highest BCUT2D eigenvalue weighted by Crippen LogP contribution is 2.23. The quantitative estimate of drug-likeness (QED) is 0.715. The minimum Gasteiger partial charge on any atom is -0.493 e. The predicted octanol–water partition coefficient (Wildman–Crippen LogP) is 2.18. The minimum atomic E-state index is -0.274. The van der Waals surface area contributed by atoms with Gasteiger partial charge in [-0.2, -0.15) is 0 Å². The number of amides is 1. The van der Waals surface area contributed by atoms with Crippen molar-refractivity contribution in [1.82, 2.24) is 10.2 Å². The molecule has 0 unspecified atom stereocenters. The van der Waals surface area contributed by atoms with Gasteiger partial charge in [0.25, 0.3) is 0 Å².